The lowest BCUT2D eigenvalue weighted by Crippen LogP contribution is -2.28. The number of carbonyl (C=O) groups is 1. The van der Waals surface area contributed by atoms with Gasteiger partial charge in [-0.2, -0.15) is 0 Å². The van der Waals surface area contributed by atoms with E-state index in [4.69, 9.17) is 0 Å². The van der Waals surface area contributed by atoms with Crippen LogP contribution < -0.4 is 0 Å². The van der Waals surface area contributed by atoms with E-state index < -0.39 is 0 Å². The largest absolute Gasteiger partial charge is 0.342 e. The third-order valence-electron chi connectivity index (χ3n) is 3.65. The van der Waals surface area contributed by atoms with Crippen LogP contribution in [0.25, 0.3) is 0 Å². The van der Waals surface area contributed by atoms with E-state index in [9.17, 15) is 4.79 Å². The molecule has 0 aliphatic rings. The average Bonchev–Trinajstić information content (AvgIpc) is 2.58. The van der Waals surface area contributed by atoms with Crippen molar-refractivity contribution in [1.82, 2.24) is 4.90 Å². The maximum Gasteiger partial charge on any atom is 0.253 e. The summed E-state index contributed by atoms with van der Waals surface area (Å²) < 4.78 is 0. The van der Waals surface area contributed by atoms with Crippen LogP contribution >= 0.6 is 0 Å². The quantitative estimate of drug-likeness (QED) is 0.775. The van der Waals surface area contributed by atoms with E-state index in [1.807, 2.05) is 61.6 Å². The van der Waals surface area contributed by atoms with Gasteiger partial charge in [0.05, 0.1) is 0 Å². The van der Waals surface area contributed by atoms with Crippen molar-refractivity contribution in [2.45, 2.75) is 20.3 Å². The van der Waals surface area contributed by atoms with Gasteiger partial charge in [0.25, 0.3) is 5.91 Å². The Labute approximate surface area is 139 Å². The predicted octanol–water partition coefficient (Wildman–Crippen LogP) is 4.20. The Morgan fingerprint density at radius 2 is 1.52 bits per heavy atom. The zero-order valence-corrected chi connectivity index (χ0v) is 14.0. The van der Waals surface area contributed by atoms with Gasteiger partial charge in [0.2, 0.25) is 0 Å². The molecule has 0 atom stereocenters. The van der Waals surface area contributed by atoms with E-state index in [2.05, 4.69) is 25.7 Å². The first kappa shape index (κ1) is 16.8. The van der Waals surface area contributed by atoms with Gasteiger partial charge < -0.3 is 4.90 Å². The Morgan fingerprint density at radius 3 is 2.09 bits per heavy atom. The Kier molecular flexibility index (Phi) is 6.00. The molecule has 0 spiro atoms. The Hall–Kier alpha value is -2.53. The number of hydrogen-bond acceptors (Lipinski definition) is 1. The lowest BCUT2D eigenvalue weighted by Gasteiger charge is -2.18. The van der Waals surface area contributed by atoms with E-state index in [1.165, 1.54) is 0 Å². The summed E-state index contributed by atoms with van der Waals surface area (Å²) in [7, 11) is 1.85. The molecule has 0 N–H and O–H groups in total. The van der Waals surface area contributed by atoms with Crippen molar-refractivity contribution in [3.63, 3.8) is 0 Å². The van der Waals surface area contributed by atoms with E-state index >= 15 is 0 Å². The summed E-state index contributed by atoms with van der Waals surface area (Å²) in [5.41, 5.74) is 2.61. The zero-order chi connectivity index (χ0) is 16.7. The summed E-state index contributed by atoms with van der Waals surface area (Å²) >= 11 is 0. The Morgan fingerprint density at radius 1 is 0.957 bits per heavy atom. The van der Waals surface area contributed by atoms with Gasteiger partial charge in [0.15, 0.2) is 0 Å². The molecule has 0 unspecified atom stereocenters. The number of hydrogen-bond donors (Lipinski definition) is 0. The zero-order valence-electron chi connectivity index (χ0n) is 14.0. The summed E-state index contributed by atoms with van der Waals surface area (Å²) in [5.74, 6) is 6.90. The highest BCUT2D eigenvalue weighted by Gasteiger charge is 2.11. The van der Waals surface area contributed by atoms with Crippen LogP contribution in [0.3, 0.4) is 0 Å². The number of benzene rings is 2. The highest BCUT2D eigenvalue weighted by molar-refractivity contribution is 5.94. The molecule has 0 bridgehead atoms. The first-order chi connectivity index (χ1) is 11.1. The second-order valence-electron chi connectivity index (χ2n) is 6.10. The average molecular weight is 305 g/mol. The van der Waals surface area contributed by atoms with Crippen molar-refractivity contribution in [3.8, 4) is 11.8 Å². The molecule has 0 saturated carbocycles. The fourth-order valence-electron chi connectivity index (χ4n) is 2.14. The fraction of sp³-hybridized carbons (Fsp3) is 0.286. The van der Waals surface area contributed by atoms with Crippen LogP contribution in [0.4, 0.5) is 0 Å². The third kappa shape index (κ3) is 5.30. The van der Waals surface area contributed by atoms with E-state index in [0.29, 0.717) is 11.5 Å². The summed E-state index contributed by atoms with van der Waals surface area (Å²) in [4.78, 5) is 14.1. The van der Waals surface area contributed by atoms with Crippen LogP contribution in [-0.4, -0.2) is 24.4 Å². The Balaban J connectivity index is 2.02. The molecule has 0 aliphatic heterocycles. The third-order valence-corrected chi connectivity index (χ3v) is 3.65. The van der Waals surface area contributed by atoms with Crippen molar-refractivity contribution in [3.05, 3.63) is 71.3 Å². The second-order valence-corrected chi connectivity index (χ2v) is 6.10. The van der Waals surface area contributed by atoms with Crippen LogP contribution in [0.1, 0.15) is 41.8 Å². The van der Waals surface area contributed by atoms with E-state index in [-0.39, 0.29) is 5.91 Å². The van der Waals surface area contributed by atoms with E-state index in [0.717, 1.165) is 24.1 Å². The number of carbonyl (C=O) groups excluding carboxylic acids is 1. The number of amides is 1. The van der Waals surface area contributed by atoms with Crippen molar-refractivity contribution in [1.29, 1.82) is 0 Å². The molecule has 2 aromatic rings. The maximum absolute atomic E-state index is 12.3. The van der Waals surface area contributed by atoms with Gasteiger partial charge in [-0.15, -0.1) is 0 Å². The minimum atomic E-state index is 0.0632. The molecule has 0 radical (unpaired) electrons. The minimum absolute atomic E-state index is 0.0632. The molecule has 0 heterocycles. The van der Waals surface area contributed by atoms with Gasteiger partial charge in [0.1, 0.15) is 0 Å². The first-order valence-electron chi connectivity index (χ1n) is 7.99. The molecule has 0 aromatic heterocycles. The fourth-order valence-corrected chi connectivity index (χ4v) is 2.14. The van der Waals surface area contributed by atoms with Gasteiger partial charge in [0, 0.05) is 30.3 Å². The van der Waals surface area contributed by atoms with Crippen LogP contribution in [0, 0.1) is 17.8 Å². The van der Waals surface area contributed by atoms with Gasteiger partial charge in [-0.05, 0) is 48.7 Å². The van der Waals surface area contributed by atoms with Gasteiger partial charge in [-0.3, -0.25) is 4.79 Å². The standard InChI is InChI=1S/C21H23NO/c1-17(2)15-16-22(3)21(23)20-13-11-19(12-14-20)10-9-18-7-5-4-6-8-18/h4-8,11-14,17H,15-16H2,1-3H3. The lowest BCUT2D eigenvalue weighted by atomic mass is 10.1. The summed E-state index contributed by atoms with van der Waals surface area (Å²) in [6.45, 7) is 5.11. The molecule has 0 fully saturated rings. The predicted molar refractivity (Wildman–Crippen MR) is 95.3 cm³/mol. The molecule has 23 heavy (non-hydrogen) atoms. The minimum Gasteiger partial charge on any atom is -0.342 e. The summed E-state index contributed by atoms with van der Waals surface area (Å²) in [5, 5.41) is 0. The molecule has 0 aliphatic carbocycles. The summed E-state index contributed by atoms with van der Waals surface area (Å²) in [6, 6.07) is 17.4. The van der Waals surface area contributed by atoms with E-state index in [1.54, 1.807) is 4.90 Å². The molecule has 2 aromatic carbocycles. The normalized spacial score (nSPS) is 10.1. The number of nitrogens with zero attached hydrogens (tertiary/aromatic N) is 1. The van der Waals surface area contributed by atoms with Crippen LogP contribution in [0.2, 0.25) is 0 Å². The van der Waals surface area contributed by atoms with Crippen molar-refractivity contribution in [2.75, 3.05) is 13.6 Å². The van der Waals surface area contributed by atoms with Crippen LogP contribution in [0.5, 0.6) is 0 Å². The molecule has 2 rings (SSSR count). The van der Waals surface area contributed by atoms with Gasteiger partial charge in [-0.1, -0.05) is 43.9 Å². The smallest absolute Gasteiger partial charge is 0.253 e. The Bertz CT molecular complexity index is 690. The highest BCUT2D eigenvalue weighted by atomic mass is 16.2. The molecule has 1 amide bonds. The van der Waals surface area contributed by atoms with Crippen molar-refractivity contribution < 1.29 is 4.79 Å². The number of rotatable bonds is 4. The first-order valence-corrected chi connectivity index (χ1v) is 7.99. The van der Waals surface area contributed by atoms with Crippen molar-refractivity contribution >= 4 is 5.91 Å². The molecule has 2 nitrogen and oxygen atoms in total. The monoisotopic (exact) mass is 305 g/mol. The van der Waals surface area contributed by atoms with Gasteiger partial charge >= 0.3 is 0 Å². The van der Waals surface area contributed by atoms with Crippen LogP contribution in [-0.2, 0) is 0 Å². The second kappa shape index (κ2) is 8.19. The molecule has 2 heteroatoms. The molecular formula is C21H23NO. The van der Waals surface area contributed by atoms with Gasteiger partial charge in [-0.25, -0.2) is 0 Å². The van der Waals surface area contributed by atoms with Crippen molar-refractivity contribution in [2.24, 2.45) is 5.92 Å². The maximum atomic E-state index is 12.3. The molecule has 0 saturated heterocycles. The summed E-state index contributed by atoms with van der Waals surface area (Å²) in [6.07, 6.45) is 1.02. The topological polar surface area (TPSA) is 20.3 Å². The van der Waals surface area contributed by atoms with Crippen LogP contribution in [0.15, 0.2) is 54.6 Å². The lowest BCUT2D eigenvalue weighted by molar-refractivity contribution is 0.0789. The SMILES string of the molecule is CC(C)CCN(C)C(=O)c1ccc(C#Cc2ccccc2)cc1. The molecule has 118 valence electrons. The highest BCUT2D eigenvalue weighted by Crippen LogP contribution is 2.09. The molecular weight excluding hydrogens is 282 g/mol.